The lowest BCUT2D eigenvalue weighted by atomic mass is 9.97. The summed E-state index contributed by atoms with van der Waals surface area (Å²) in [6.45, 7) is 0.990. The highest BCUT2D eigenvalue weighted by Crippen LogP contribution is 2.20. The Bertz CT molecular complexity index is 463. The third-order valence-corrected chi connectivity index (χ3v) is 2.84. The molecule has 1 heterocycles. The van der Waals surface area contributed by atoms with Gasteiger partial charge in [0.1, 0.15) is 0 Å². The molecule has 0 fully saturated rings. The molecule has 0 unspecified atom stereocenters. The van der Waals surface area contributed by atoms with Crippen LogP contribution in [0.4, 0.5) is 4.79 Å². The van der Waals surface area contributed by atoms with Crippen LogP contribution in [0.3, 0.4) is 0 Å². The van der Waals surface area contributed by atoms with Crippen molar-refractivity contribution in [2.45, 2.75) is 19.4 Å². The van der Waals surface area contributed by atoms with Crippen molar-refractivity contribution in [1.82, 2.24) is 4.90 Å². The lowest BCUT2D eigenvalue weighted by Gasteiger charge is -2.26. The van der Waals surface area contributed by atoms with Gasteiger partial charge in [0.2, 0.25) is 0 Å². The van der Waals surface area contributed by atoms with E-state index in [-0.39, 0.29) is 0 Å². The number of benzene rings is 1. The number of carbonyl (C=O) groups is 1. The number of amides is 1. The molecule has 16 heavy (non-hydrogen) atoms. The molecule has 1 aliphatic heterocycles. The van der Waals surface area contributed by atoms with E-state index in [1.54, 1.807) is 0 Å². The van der Waals surface area contributed by atoms with Gasteiger partial charge in [0, 0.05) is 13.1 Å². The summed E-state index contributed by atoms with van der Waals surface area (Å²) >= 11 is 0. The van der Waals surface area contributed by atoms with Crippen molar-refractivity contribution in [3.63, 3.8) is 0 Å². The Kier molecular flexibility index (Phi) is 2.78. The van der Waals surface area contributed by atoms with E-state index in [4.69, 9.17) is 10.4 Å². The fraction of sp³-hybridized carbons (Fsp3) is 0.333. The van der Waals surface area contributed by atoms with Gasteiger partial charge in [0.25, 0.3) is 0 Å². The van der Waals surface area contributed by atoms with E-state index in [9.17, 15) is 4.79 Å². The fourth-order valence-electron chi connectivity index (χ4n) is 1.97. The summed E-state index contributed by atoms with van der Waals surface area (Å²) in [6, 6.07) is 7.98. The van der Waals surface area contributed by atoms with Crippen LogP contribution in [-0.4, -0.2) is 22.6 Å². The van der Waals surface area contributed by atoms with E-state index in [2.05, 4.69) is 6.07 Å². The van der Waals surface area contributed by atoms with Crippen molar-refractivity contribution in [3.8, 4) is 6.07 Å². The summed E-state index contributed by atoms with van der Waals surface area (Å²) < 4.78 is 0. The van der Waals surface area contributed by atoms with Crippen LogP contribution in [0.1, 0.15) is 16.7 Å². The predicted octanol–water partition coefficient (Wildman–Crippen LogP) is 1.79. The highest BCUT2D eigenvalue weighted by atomic mass is 16.4. The number of fused-ring (bicyclic) bond motifs is 1. The molecule has 0 spiro atoms. The van der Waals surface area contributed by atoms with Gasteiger partial charge in [0.15, 0.2) is 0 Å². The van der Waals surface area contributed by atoms with Gasteiger partial charge in [-0.3, -0.25) is 0 Å². The summed E-state index contributed by atoms with van der Waals surface area (Å²) in [5.41, 5.74) is 3.18. The minimum Gasteiger partial charge on any atom is -0.465 e. The summed E-state index contributed by atoms with van der Waals surface area (Å²) in [6.07, 6.45) is 0.255. The van der Waals surface area contributed by atoms with Crippen LogP contribution in [0.2, 0.25) is 0 Å². The van der Waals surface area contributed by atoms with Crippen molar-refractivity contribution in [2.75, 3.05) is 6.54 Å². The predicted molar refractivity (Wildman–Crippen MR) is 57.9 cm³/mol. The zero-order valence-corrected chi connectivity index (χ0v) is 8.81. The highest BCUT2D eigenvalue weighted by molar-refractivity contribution is 5.65. The summed E-state index contributed by atoms with van der Waals surface area (Å²) in [5, 5.41) is 17.5. The molecule has 2 rings (SSSR count). The van der Waals surface area contributed by atoms with E-state index in [0.29, 0.717) is 19.5 Å². The average Bonchev–Trinajstić information content (AvgIpc) is 2.28. The second-order valence-corrected chi connectivity index (χ2v) is 3.89. The summed E-state index contributed by atoms with van der Waals surface area (Å²) in [5.74, 6) is 0. The first-order valence-electron chi connectivity index (χ1n) is 5.16. The van der Waals surface area contributed by atoms with Crippen molar-refractivity contribution < 1.29 is 9.90 Å². The lowest BCUT2D eigenvalue weighted by Crippen LogP contribution is -2.34. The molecule has 82 valence electrons. The number of nitriles is 1. The molecule has 0 bridgehead atoms. The van der Waals surface area contributed by atoms with Crippen LogP contribution in [0.25, 0.3) is 0 Å². The van der Waals surface area contributed by atoms with Crippen LogP contribution in [0.15, 0.2) is 18.2 Å². The number of hydrogen-bond donors (Lipinski definition) is 1. The van der Waals surface area contributed by atoms with Crippen LogP contribution >= 0.6 is 0 Å². The van der Waals surface area contributed by atoms with Gasteiger partial charge in [-0.1, -0.05) is 18.2 Å². The first kappa shape index (κ1) is 10.5. The summed E-state index contributed by atoms with van der Waals surface area (Å²) in [4.78, 5) is 12.2. The molecule has 0 aliphatic carbocycles. The van der Waals surface area contributed by atoms with E-state index in [1.165, 1.54) is 10.5 Å². The largest absolute Gasteiger partial charge is 0.465 e. The molecular formula is C12H12N2O2. The molecule has 1 N–H and O–H groups in total. The van der Waals surface area contributed by atoms with Gasteiger partial charge in [-0.15, -0.1) is 0 Å². The van der Waals surface area contributed by atoms with Crippen LogP contribution in [-0.2, 0) is 19.4 Å². The first-order valence-corrected chi connectivity index (χ1v) is 5.16. The standard InChI is InChI=1S/C12H12N2O2/c13-5-3-9-1-2-10-4-6-14(12(15)16)8-11(10)7-9/h1-2,7H,3-4,6,8H2,(H,15,16). The zero-order chi connectivity index (χ0) is 11.5. The molecular weight excluding hydrogens is 204 g/mol. The fourth-order valence-corrected chi connectivity index (χ4v) is 1.97. The molecule has 0 aromatic heterocycles. The van der Waals surface area contributed by atoms with Gasteiger partial charge >= 0.3 is 6.09 Å². The Labute approximate surface area is 93.7 Å². The third-order valence-electron chi connectivity index (χ3n) is 2.84. The zero-order valence-electron chi connectivity index (χ0n) is 8.81. The number of rotatable bonds is 1. The second-order valence-electron chi connectivity index (χ2n) is 3.89. The van der Waals surface area contributed by atoms with Gasteiger partial charge < -0.3 is 10.0 Å². The van der Waals surface area contributed by atoms with Crippen LogP contribution in [0, 0.1) is 11.3 Å². The van der Waals surface area contributed by atoms with Gasteiger partial charge in [-0.05, 0) is 23.1 Å². The number of carboxylic acid groups (broad SMARTS) is 1. The molecule has 4 heteroatoms. The maximum atomic E-state index is 10.8. The SMILES string of the molecule is N#CCc1ccc2c(c1)CN(C(=O)O)CC2. The minimum absolute atomic E-state index is 0.375. The molecule has 0 saturated carbocycles. The van der Waals surface area contributed by atoms with Gasteiger partial charge in [-0.25, -0.2) is 4.79 Å². The molecule has 0 radical (unpaired) electrons. The molecule has 1 aromatic carbocycles. The maximum absolute atomic E-state index is 10.8. The first-order chi connectivity index (χ1) is 7.70. The Hall–Kier alpha value is -2.02. The minimum atomic E-state index is -0.878. The van der Waals surface area contributed by atoms with E-state index < -0.39 is 6.09 Å². The Balaban J connectivity index is 2.25. The van der Waals surface area contributed by atoms with Crippen molar-refractivity contribution in [3.05, 3.63) is 34.9 Å². The average molecular weight is 216 g/mol. The van der Waals surface area contributed by atoms with Crippen LogP contribution in [0.5, 0.6) is 0 Å². The molecule has 1 amide bonds. The molecule has 1 aromatic rings. The topological polar surface area (TPSA) is 64.3 Å². The Morgan fingerprint density at radius 1 is 1.50 bits per heavy atom. The number of hydrogen-bond acceptors (Lipinski definition) is 2. The molecule has 1 aliphatic rings. The maximum Gasteiger partial charge on any atom is 0.407 e. The third kappa shape index (κ3) is 1.98. The Morgan fingerprint density at radius 2 is 2.31 bits per heavy atom. The van der Waals surface area contributed by atoms with Crippen molar-refractivity contribution in [1.29, 1.82) is 5.26 Å². The lowest BCUT2D eigenvalue weighted by molar-refractivity contribution is 0.140. The highest BCUT2D eigenvalue weighted by Gasteiger charge is 2.19. The normalized spacial score (nSPS) is 14.1. The van der Waals surface area contributed by atoms with Crippen molar-refractivity contribution >= 4 is 6.09 Å². The van der Waals surface area contributed by atoms with Gasteiger partial charge in [-0.2, -0.15) is 5.26 Å². The summed E-state index contributed by atoms with van der Waals surface area (Å²) in [7, 11) is 0. The monoisotopic (exact) mass is 216 g/mol. The number of nitrogens with zero attached hydrogens (tertiary/aromatic N) is 2. The molecule has 0 atom stereocenters. The Morgan fingerprint density at radius 3 is 3.00 bits per heavy atom. The van der Waals surface area contributed by atoms with Crippen molar-refractivity contribution in [2.24, 2.45) is 0 Å². The van der Waals surface area contributed by atoms with E-state index in [0.717, 1.165) is 17.5 Å². The molecule has 0 saturated heterocycles. The second kappa shape index (κ2) is 4.23. The van der Waals surface area contributed by atoms with Gasteiger partial charge in [0.05, 0.1) is 12.5 Å². The molecule has 4 nitrogen and oxygen atoms in total. The van der Waals surface area contributed by atoms with E-state index in [1.807, 2.05) is 18.2 Å². The van der Waals surface area contributed by atoms with E-state index >= 15 is 0 Å². The smallest absolute Gasteiger partial charge is 0.407 e. The quantitative estimate of drug-likeness (QED) is 0.778. The van der Waals surface area contributed by atoms with Crippen LogP contribution < -0.4 is 0 Å².